The zero-order valence-electron chi connectivity index (χ0n) is 44.7. The monoisotopic (exact) mass is 943 g/mol. The summed E-state index contributed by atoms with van der Waals surface area (Å²) in [5.41, 5.74) is 11.0. The molecule has 4 N–H and O–H groups in total. The van der Waals surface area contributed by atoms with Crippen molar-refractivity contribution in [2.45, 2.75) is 221 Å². The highest BCUT2D eigenvalue weighted by atomic mass is 16.5. The lowest BCUT2D eigenvalue weighted by atomic mass is 9.68. The Labute approximate surface area is 418 Å². The normalized spacial score (nSPS) is 23.8. The maximum atomic E-state index is 10.7. The summed E-state index contributed by atoms with van der Waals surface area (Å²) in [7, 11) is 0. The Hall–Kier alpha value is -4.58. The van der Waals surface area contributed by atoms with Crippen molar-refractivity contribution in [2.75, 3.05) is 0 Å². The Morgan fingerprint density at radius 1 is 0.507 bits per heavy atom. The predicted molar refractivity (Wildman–Crippen MR) is 288 cm³/mol. The highest BCUT2D eigenvalue weighted by Gasteiger charge is 2.46. The fourth-order valence-corrected chi connectivity index (χ4v) is 12.3. The minimum Gasteiger partial charge on any atom is -0.507 e. The molecule has 0 spiro atoms. The van der Waals surface area contributed by atoms with E-state index in [9.17, 15) is 20.4 Å². The van der Waals surface area contributed by atoms with Crippen molar-refractivity contribution in [3.8, 4) is 34.5 Å². The molecule has 0 radical (unpaired) electrons. The number of fused-ring (bicyclic) bond motifs is 6. The van der Waals surface area contributed by atoms with Crippen LogP contribution >= 0.6 is 0 Å². The van der Waals surface area contributed by atoms with Crippen molar-refractivity contribution < 1.29 is 29.9 Å². The third-order valence-electron chi connectivity index (χ3n) is 16.2. The predicted octanol–water partition coefficient (Wildman–Crippen LogP) is 17.3. The third-order valence-corrected chi connectivity index (χ3v) is 16.2. The van der Waals surface area contributed by atoms with Crippen molar-refractivity contribution in [1.82, 2.24) is 0 Å². The molecule has 0 aromatic heterocycles. The van der Waals surface area contributed by atoms with E-state index in [0.29, 0.717) is 28.9 Å². The van der Waals surface area contributed by atoms with Crippen molar-refractivity contribution in [3.05, 3.63) is 117 Å². The Morgan fingerprint density at radius 3 is 1.20 bits per heavy atom. The molecule has 6 heteroatoms. The second-order valence-electron chi connectivity index (χ2n) is 22.8. The Balaban J connectivity index is 0.000000170. The van der Waals surface area contributed by atoms with E-state index < -0.39 is 0 Å². The number of ether oxygens (including phenoxy) is 2. The molecule has 0 amide bonds. The molecule has 0 saturated carbocycles. The molecule has 69 heavy (non-hydrogen) atoms. The number of benzene rings is 3. The number of aryl methyl sites for hydroxylation is 3. The van der Waals surface area contributed by atoms with Crippen LogP contribution in [0.4, 0.5) is 0 Å². The van der Waals surface area contributed by atoms with Gasteiger partial charge in [0.05, 0.1) is 0 Å². The van der Waals surface area contributed by atoms with Crippen LogP contribution in [0.15, 0.2) is 83.5 Å². The van der Waals surface area contributed by atoms with Gasteiger partial charge in [0.15, 0.2) is 0 Å². The highest BCUT2D eigenvalue weighted by Crippen LogP contribution is 2.55. The number of allylic oxidation sites excluding steroid dienone is 7. The van der Waals surface area contributed by atoms with Crippen molar-refractivity contribution >= 4 is 0 Å². The van der Waals surface area contributed by atoms with Gasteiger partial charge < -0.3 is 29.9 Å². The van der Waals surface area contributed by atoms with Gasteiger partial charge in [0, 0.05) is 46.3 Å². The van der Waals surface area contributed by atoms with E-state index in [-0.39, 0.29) is 46.4 Å². The van der Waals surface area contributed by atoms with E-state index in [0.717, 1.165) is 98.0 Å². The standard InChI is InChI=1S/3C21H30O2/c2*1-5-6-7-8-15-12-18(22)20-16-11-14(2)9-10-17(16)21(3,4)23-19(20)13-15;1-5-6-7-8-16-12-19(22)21(20(23)13-16)18-11-15(4)9-10-17(18)14(2)3/h2*11-13,16-17,22H,5-10H2,1-4H3;11-13,17-18,22-23H,2,5-10H2,1,3-4H3/t2*16-,17-;17-,18+/m110/s1. The van der Waals surface area contributed by atoms with Crippen LogP contribution in [0.2, 0.25) is 0 Å². The van der Waals surface area contributed by atoms with E-state index in [2.05, 4.69) is 106 Å². The first-order valence-electron chi connectivity index (χ1n) is 27.1. The van der Waals surface area contributed by atoms with Crippen LogP contribution in [0.3, 0.4) is 0 Å². The fraction of sp³-hybridized carbons (Fsp3) is 0.587. The minimum absolute atomic E-state index is 0.0194. The lowest BCUT2D eigenvalue weighted by molar-refractivity contribution is 0.0104. The summed E-state index contributed by atoms with van der Waals surface area (Å²) in [4.78, 5) is 0. The van der Waals surface area contributed by atoms with Crippen LogP contribution < -0.4 is 9.47 Å². The van der Waals surface area contributed by atoms with Crippen LogP contribution in [-0.4, -0.2) is 31.6 Å². The molecule has 0 saturated heterocycles. The molecule has 0 fully saturated rings. The average molecular weight is 943 g/mol. The van der Waals surface area contributed by atoms with Gasteiger partial charge in [-0.1, -0.05) is 106 Å². The third kappa shape index (κ3) is 13.0. The topological polar surface area (TPSA) is 99.4 Å². The lowest BCUT2D eigenvalue weighted by Crippen LogP contribution is -2.45. The van der Waals surface area contributed by atoms with E-state index in [1.807, 2.05) is 31.2 Å². The van der Waals surface area contributed by atoms with E-state index in [4.69, 9.17) is 9.47 Å². The SMILES string of the molecule is C=C(C)[C@@H]1CCC(C)=C[C@H]1c1c(O)cc(CCCCC)cc1O.CCCCCc1cc(O)c2c(c1)OC(C)(C)[C@@H]1CCC(C)=C[C@@H]21.CCCCCc1cc(O)c2c(c1)OC(C)(C)[C@@H]1CCC(C)=C[C@@H]21. The van der Waals surface area contributed by atoms with Crippen LogP contribution in [0.25, 0.3) is 0 Å². The molecule has 3 aromatic carbocycles. The summed E-state index contributed by atoms with van der Waals surface area (Å²) < 4.78 is 12.7. The summed E-state index contributed by atoms with van der Waals surface area (Å²) in [5.74, 6) is 4.83. The fourth-order valence-electron chi connectivity index (χ4n) is 12.3. The van der Waals surface area contributed by atoms with Crippen LogP contribution in [0.5, 0.6) is 34.5 Å². The Kier molecular flexibility index (Phi) is 18.4. The van der Waals surface area contributed by atoms with Gasteiger partial charge in [0.25, 0.3) is 0 Å². The highest BCUT2D eigenvalue weighted by molar-refractivity contribution is 5.56. The van der Waals surface area contributed by atoms with Crippen LogP contribution in [0, 0.1) is 17.8 Å². The molecule has 0 bridgehead atoms. The quantitative estimate of drug-likeness (QED) is 0.0949. The lowest BCUT2D eigenvalue weighted by Gasteiger charge is -2.46. The smallest absolute Gasteiger partial charge is 0.127 e. The number of unbranched alkanes of at least 4 members (excludes halogenated alkanes) is 6. The van der Waals surface area contributed by atoms with Gasteiger partial charge in [-0.25, -0.2) is 0 Å². The van der Waals surface area contributed by atoms with Crippen molar-refractivity contribution in [3.63, 3.8) is 0 Å². The second-order valence-corrected chi connectivity index (χ2v) is 22.8. The van der Waals surface area contributed by atoms with Crippen LogP contribution in [-0.2, 0) is 19.3 Å². The molecule has 378 valence electrons. The number of aromatic hydroxyl groups is 4. The minimum atomic E-state index is -0.177. The zero-order valence-corrected chi connectivity index (χ0v) is 44.7. The summed E-state index contributed by atoms with van der Waals surface area (Å²) in [6.45, 7) is 28.1. The first-order valence-corrected chi connectivity index (χ1v) is 27.1. The summed E-state index contributed by atoms with van der Waals surface area (Å²) >= 11 is 0. The molecule has 0 unspecified atom stereocenters. The number of rotatable bonds is 14. The molecule has 6 atom stereocenters. The Morgan fingerprint density at radius 2 is 0.841 bits per heavy atom. The summed E-state index contributed by atoms with van der Waals surface area (Å²) in [5, 5.41) is 42.5. The van der Waals surface area contributed by atoms with Gasteiger partial charge in [0.1, 0.15) is 45.7 Å². The van der Waals surface area contributed by atoms with Gasteiger partial charge in [-0.2, -0.15) is 0 Å². The Bertz CT molecular complexity index is 2210. The zero-order chi connectivity index (χ0) is 50.2. The first-order chi connectivity index (χ1) is 32.8. The molecule has 3 aliphatic carbocycles. The molecule has 8 rings (SSSR count). The average Bonchev–Trinajstić information content (AvgIpc) is 3.26. The van der Waals surface area contributed by atoms with E-state index in [1.54, 1.807) is 0 Å². The summed E-state index contributed by atoms with van der Waals surface area (Å²) in [6.07, 6.45) is 27.1. The number of hydrogen-bond acceptors (Lipinski definition) is 6. The molecule has 5 aliphatic rings. The van der Waals surface area contributed by atoms with Gasteiger partial charge >= 0.3 is 0 Å². The molecular formula is C63H90O6. The van der Waals surface area contributed by atoms with Gasteiger partial charge in [0.2, 0.25) is 0 Å². The number of hydrogen-bond donors (Lipinski definition) is 4. The number of phenols is 4. The maximum absolute atomic E-state index is 10.7. The largest absolute Gasteiger partial charge is 0.507 e. The van der Waals surface area contributed by atoms with Gasteiger partial charge in [-0.3, -0.25) is 0 Å². The molecule has 6 nitrogen and oxygen atoms in total. The maximum Gasteiger partial charge on any atom is 0.127 e. The van der Waals surface area contributed by atoms with Gasteiger partial charge in [-0.05, 0) is 191 Å². The van der Waals surface area contributed by atoms with E-state index in [1.165, 1.54) is 79.2 Å². The van der Waals surface area contributed by atoms with Crippen LogP contribution in [0.1, 0.15) is 224 Å². The second kappa shape index (κ2) is 23.6. The summed E-state index contributed by atoms with van der Waals surface area (Å²) in [6, 6.07) is 11.9. The van der Waals surface area contributed by atoms with E-state index >= 15 is 0 Å². The molecular weight excluding hydrogens is 853 g/mol. The molecule has 3 aromatic rings. The van der Waals surface area contributed by atoms with Crippen molar-refractivity contribution in [2.24, 2.45) is 17.8 Å². The number of phenolic OH excluding ortho intramolecular Hbond substituents is 4. The molecule has 2 aliphatic heterocycles. The van der Waals surface area contributed by atoms with Gasteiger partial charge in [-0.15, -0.1) is 0 Å². The molecule has 2 heterocycles. The first kappa shape index (κ1) is 53.8. The van der Waals surface area contributed by atoms with Crippen molar-refractivity contribution in [1.29, 1.82) is 0 Å².